The summed E-state index contributed by atoms with van der Waals surface area (Å²) in [4.78, 5) is 63.5. The average molecular weight is 1690 g/mol. The highest BCUT2D eigenvalue weighted by Crippen LogP contribution is 2.41. The number of likely N-dealkylation sites (tertiary alicyclic amines) is 2. The molecule has 26 heteroatoms. The Morgan fingerprint density at radius 3 is 0.984 bits per heavy atom. The molecular formula is C96H92ClF7N6O12. The number of para-hydroxylation sites is 1. The summed E-state index contributed by atoms with van der Waals surface area (Å²) >= 11 is 0. The van der Waals surface area contributed by atoms with E-state index in [0.717, 1.165) is 74.7 Å². The molecule has 6 N–H and O–H groups in total. The van der Waals surface area contributed by atoms with E-state index in [9.17, 15) is 80.6 Å². The Morgan fingerprint density at radius 2 is 0.656 bits per heavy atom. The zero-order valence-corrected chi connectivity index (χ0v) is 68.1. The number of carbonyl (C=O) groups is 4. The lowest BCUT2D eigenvalue weighted by Crippen LogP contribution is -2.33. The summed E-state index contributed by atoms with van der Waals surface area (Å²) < 4.78 is 108. The molecule has 18 nitrogen and oxygen atoms in total. The summed E-state index contributed by atoms with van der Waals surface area (Å²) in [5, 5.41) is 57.2. The molecule has 14 rings (SSSR count). The van der Waals surface area contributed by atoms with E-state index in [-0.39, 0.29) is 52.6 Å². The van der Waals surface area contributed by atoms with Crippen LogP contribution in [0.2, 0.25) is 0 Å². The first kappa shape index (κ1) is 91.0. The van der Waals surface area contributed by atoms with Gasteiger partial charge >= 0.3 is 12.4 Å². The standard InChI is InChI=1S/2C28H29F3N2O3.C21H19NO3.C19H14FNO3.ClH/c2*1-20-5-14-25(26(19-20)28(29,30)31)27(35)33(21-6-10-23(34)11-7-21)22-8-12-24(13-9-22)36-18-17-32-15-3-2-4-16-32;1-14-4-3-5-20(15(14)2)21(25)22(16-6-10-18(23)11-7-16)17-8-12-19(24)13-9-17;20-17-12-13(6-11-18(17)23)19(24)21(14-4-2-1-3-5-14)15-7-9-16(22)10-8-15;/h2*5-14,19,34H,2-4,15-18H2,1H3;3-13,23-24H,1-2H3;1-12,22-23H;1H. The van der Waals surface area contributed by atoms with E-state index in [4.69, 9.17) is 9.47 Å². The SMILES string of the molecule is Cc1ccc(C(=O)N(c2ccc(O)cc2)c2ccc(OCCN3CCCCC3)cc2)c(C(F)(F)F)c1.Cc1ccc(C(=O)N(c2ccc(O)cc2)c2ccc(OCCN3CCCCC3)cc2)c(C(F)(F)F)c1.Cc1cccc(C(=O)N(c2ccc(O)cc2)c2ccc(O)cc2)c1C.Cl.O=C(c1ccc(O)c(F)c1)N(c1ccccc1)c1ccc(O)cc1. The number of halogens is 8. The maximum Gasteiger partial charge on any atom is 0.417 e. The molecule has 0 radical (unpaired) electrons. The Balaban J connectivity index is 0.000000173. The number of phenols is 6. The molecule has 4 amide bonds. The molecule has 0 bridgehead atoms. The van der Waals surface area contributed by atoms with Gasteiger partial charge in [-0.05, 0) is 321 Å². The van der Waals surface area contributed by atoms with Crippen LogP contribution in [-0.4, -0.2) is 117 Å². The summed E-state index contributed by atoms with van der Waals surface area (Å²) in [6, 6.07) is 69.2. The van der Waals surface area contributed by atoms with Crippen molar-refractivity contribution in [1.29, 1.82) is 0 Å². The molecule has 2 heterocycles. The van der Waals surface area contributed by atoms with Crippen LogP contribution in [-0.2, 0) is 12.4 Å². The Bertz CT molecular complexity index is 5240. The van der Waals surface area contributed by atoms with Crippen LogP contribution in [0.15, 0.2) is 273 Å². The summed E-state index contributed by atoms with van der Waals surface area (Å²) in [5.41, 5.74) is 4.39. The maximum atomic E-state index is 13.8. The van der Waals surface area contributed by atoms with Gasteiger partial charge in [0.25, 0.3) is 23.6 Å². The van der Waals surface area contributed by atoms with Crippen molar-refractivity contribution in [1.82, 2.24) is 9.80 Å². The summed E-state index contributed by atoms with van der Waals surface area (Å²) in [7, 11) is 0. The predicted molar refractivity (Wildman–Crippen MR) is 461 cm³/mol. The number of hydrogen-bond acceptors (Lipinski definition) is 14. The Hall–Kier alpha value is -13.4. The summed E-state index contributed by atoms with van der Waals surface area (Å²) in [6.07, 6.45) is -2.04. The van der Waals surface area contributed by atoms with Crippen molar-refractivity contribution >= 4 is 81.5 Å². The normalized spacial score (nSPS) is 12.7. The highest BCUT2D eigenvalue weighted by Gasteiger charge is 2.39. The third-order valence-corrected chi connectivity index (χ3v) is 20.3. The molecule has 122 heavy (non-hydrogen) atoms. The van der Waals surface area contributed by atoms with E-state index in [0.29, 0.717) is 86.9 Å². The number of aryl methyl sites for hydroxylation is 3. The number of ether oxygens (including phenoxy) is 2. The second-order valence-corrected chi connectivity index (χ2v) is 29.0. The molecule has 2 aliphatic rings. The molecule has 0 aliphatic carbocycles. The van der Waals surface area contributed by atoms with Crippen LogP contribution in [0.4, 0.5) is 76.2 Å². The van der Waals surface area contributed by atoms with Crippen LogP contribution in [0.1, 0.15) is 113 Å². The molecule has 634 valence electrons. The Morgan fingerprint density at radius 1 is 0.344 bits per heavy atom. The van der Waals surface area contributed by atoms with Crippen molar-refractivity contribution in [3.05, 3.63) is 334 Å². The average Bonchev–Trinajstić information content (AvgIpc) is 0.791. The van der Waals surface area contributed by atoms with Crippen molar-refractivity contribution in [2.75, 3.05) is 72.1 Å². The number of aromatic hydroxyl groups is 6. The van der Waals surface area contributed by atoms with Crippen LogP contribution >= 0.6 is 12.4 Å². The summed E-state index contributed by atoms with van der Waals surface area (Å²) in [6.45, 7) is 14.0. The molecule has 2 saturated heterocycles. The fraction of sp³-hybridized carbons (Fsp3) is 0.208. The third-order valence-electron chi connectivity index (χ3n) is 20.3. The van der Waals surface area contributed by atoms with Gasteiger partial charge in [-0.25, -0.2) is 4.39 Å². The number of alkyl halides is 6. The number of phenolic OH excluding ortho intramolecular Hbond substituents is 6. The van der Waals surface area contributed by atoms with Gasteiger partial charge in [-0.15, -0.1) is 12.4 Å². The lowest BCUT2D eigenvalue weighted by Gasteiger charge is -2.26. The fourth-order valence-electron chi connectivity index (χ4n) is 13.7. The van der Waals surface area contributed by atoms with Gasteiger partial charge in [0.05, 0.1) is 22.3 Å². The molecule has 0 saturated carbocycles. The number of rotatable bonds is 20. The molecule has 2 fully saturated rings. The minimum absolute atomic E-state index is 0. The molecule has 12 aromatic carbocycles. The molecule has 0 aromatic heterocycles. The molecule has 12 aromatic rings. The largest absolute Gasteiger partial charge is 0.508 e. The number of hydrogen-bond donors (Lipinski definition) is 6. The first-order valence-corrected chi connectivity index (χ1v) is 39.2. The molecule has 2 aliphatic heterocycles. The van der Waals surface area contributed by atoms with Gasteiger partial charge in [-0.2, -0.15) is 26.3 Å². The van der Waals surface area contributed by atoms with E-state index in [1.54, 1.807) is 158 Å². The van der Waals surface area contributed by atoms with Crippen molar-refractivity contribution in [2.24, 2.45) is 0 Å². The van der Waals surface area contributed by atoms with Crippen LogP contribution in [0, 0.1) is 33.5 Å². The number of benzene rings is 12. The second-order valence-electron chi connectivity index (χ2n) is 29.0. The number of nitrogens with zero attached hydrogens (tertiary/aromatic N) is 6. The van der Waals surface area contributed by atoms with E-state index in [1.165, 1.54) is 144 Å². The van der Waals surface area contributed by atoms with Gasteiger partial charge in [0.1, 0.15) is 53.5 Å². The smallest absolute Gasteiger partial charge is 0.417 e. The molecule has 0 unspecified atom stereocenters. The van der Waals surface area contributed by atoms with E-state index in [1.807, 2.05) is 32.0 Å². The van der Waals surface area contributed by atoms with Gasteiger partial charge in [0.15, 0.2) is 11.6 Å². The first-order chi connectivity index (χ1) is 58.0. The van der Waals surface area contributed by atoms with Crippen LogP contribution in [0.5, 0.6) is 46.0 Å². The third kappa shape index (κ3) is 24.2. The van der Waals surface area contributed by atoms with Gasteiger partial charge in [0.2, 0.25) is 0 Å². The Labute approximate surface area is 708 Å². The van der Waals surface area contributed by atoms with Crippen LogP contribution in [0.25, 0.3) is 0 Å². The highest BCUT2D eigenvalue weighted by atomic mass is 35.5. The zero-order chi connectivity index (χ0) is 86.5. The molecule has 0 spiro atoms. The topological polar surface area (TPSA) is 228 Å². The van der Waals surface area contributed by atoms with Crippen molar-refractivity contribution in [3.8, 4) is 46.0 Å². The number of carbonyl (C=O) groups excluding carboxylic acids is 4. The van der Waals surface area contributed by atoms with E-state index < -0.39 is 63.9 Å². The van der Waals surface area contributed by atoms with Crippen LogP contribution in [0.3, 0.4) is 0 Å². The van der Waals surface area contributed by atoms with E-state index >= 15 is 0 Å². The zero-order valence-electron chi connectivity index (χ0n) is 67.3. The van der Waals surface area contributed by atoms with Crippen molar-refractivity contribution < 1.29 is 90.0 Å². The summed E-state index contributed by atoms with van der Waals surface area (Å²) in [5.74, 6) is -2.12. The monoisotopic (exact) mass is 1690 g/mol. The molecular weight excluding hydrogens is 1600 g/mol. The van der Waals surface area contributed by atoms with Gasteiger partial charge in [-0.3, -0.25) is 48.6 Å². The minimum Gasteiger partial charge on any atom is -0.508 e. The number of amides is 4. The molecule has 0 atom stereocenters. The van der Waals surface area contributed by atoms with Gasteiger partial charge in [0, 0.05) is 69.7 Å². The van der Waals surface area contributed by atoms with Crippen LogP contribution < -0.4 is 29.1 Å². The minimum atomic E-state index is -4.69. The lowest BCUT2D eigenvalue weighted by molar-refractivity contribution is -0.138. The Kier molecular flexibility index (Phi) is 31.3. The van der Waals surface area contributed by atoms with Crippen molar-refractivity contribution in [3.63, 3.8) is 0 Å². The fourth-order valence-corrected chi connectivity index (χ4v) is 13.7. The van der Waals surface area contributed by atoms with E-state index in [2.05, 4.69) is 9.80 Å². The first-order valence-electron chi connectivity index (χ1n) is 39.2. The predicted octanol–water partition coefficient (Wildman–Crippen LogP) is 22.5. The van der Waals surface area contributed by atoms with Gasteiger partial charge < -0.3 is 40.1 Å². The highest BCUT2D eigenvalue weighted by molar-refractivity contribution is 6.14. The lowest BCUT2D eigenvalue weighted by atomic mass is 10.0. The number of piperidine rings is 2. The van der Waals surface area contributed by atoms with Crippen molar-refractivity contribution in [2.45, 2.75) is 78.6 Å². The number of anilines is 8. The quantitative estimate of drug-likeness (QED) is 0.0390. The van der Waals surface area contributed by atoms with Gasteiger partial charge in [-0.1, -0.05) is 66.4 Å². The maximum absolute atomic E-state index is 13.8. The second kappa shape index (κ2) is 42.0.